The maximum Gasteiger partial charge on any atom is 0.275 e. The van der Waals surface area contributed by atoms with Crippen molar-refractivity contribution in [3.63, 3.8) is 0 Å². The van der Waals surface area contributed by atoms with E-state index >= 15 is 0 Å². The van der Waals surface area contributed by atoms with Crippen molar-refractivity contribution >= 4 is 39.3 Å². The molecule has 1 amide bonds. The predicted octanol–water partition coefficient (Wildman–Crippen LogP) is 4.69. The first-order valence-corrected chi connectivity index (χ1v) is 14.5. The maximum absolute atomic E-state index is 13.8. The number of methoxy groups -OCH3 is 1. The number of aryl methyl sites for hydroxylation is 2. The lowest BCUT2D eigenvalue weighted by Gasteiger charge is -2.27. The third kappa shape index (κ3) is 5.80. The molecule has 6 rings (SSSR count). The number of carbonyl (C=O) groups is 1. The third-order valence-electron chi connectivity index (χ3n) is 8.16. The molecule has 2 saturated heterocycles. The Kier molecular flexibility index (Phi) is 7.93. The lowest BCUT2D eigenvalue weighted by molar-refractivity contribution is 0.102. The van der Waals surface area contributed by atoms with Crippen molar-refractivity contribution in [3.8, 4) is 11.5 Å². The summed E-state index contributed by atoms with van der Waals surface area (Å²) in [7, 11) is 1.62. The molecule has 4 aromatic rings. The van der Waals surface area contributed by atoms with Crippen LogP contribution in [0.2, 0.25) is 0 Å². The van der Waals surface area contributed by atoms with E-state index in [1.54, 1.807) is 7.11 Å². The van der Waals surface area contributed by atoms with Gasteiger partial charge in [-0.2, -0.15) is 0 Å². The molecule has 2 aromatic carbocycles. The fourth-order valence-electron chi connectivity index (χ4n) is 5.67. The Labute approximate surface area is 240 Å². The smallest absolute Gasteiger partial charge is 0.275 e. The molecule has 216 valence electrons. The highest BCUT2D eigenvalue weighted by molar-refractivity contribution is 6.12. The molecule has 0 radical (unpaired) electrons. The van der Waals surface area contributed by atoms with Crippen molar-refractivity contribution in [3.05, 3.63) is 47.3 Å². The van der Waals surface area contributed by atoms with E-state index in [1.807, 2.05) is 42.2 Å². The van der Waals surface area contributed by atoms with Crippen LogP contribution in [0.3, 0.4) is 0 Å². The average molecular weight is 559 g/mol. The standard InChI is InChI=1S/C31H38N6O4/c1-20-21(2)32-25-8-7-22(17-23(20)25)33-30(38)29-24-18-28(41-16-11-36-9-5-4-6-10-36)27(39-3)19-26(24)34-31(35-29)37-12-14-40-15-13-37/h7-8,17-19,32H,4-6,9-16H2,1-3H3,(H,33,38). The summed E-state index contributed by atoms with van der Waals surface area (Å²) in [6.07, 6.45) is 3.76. The number of likely N-dealkylation sites (tertiary alicyclic amines) is 1. The van der Waals surface area contributed by atoms with Crippen LogP contribution >= 0.6 is 0 Å². The van der Waals surface area contributed by atoms with Gasteiger partial charge in [0.05, 0.1) is 25.8 Å². The Bertz CT molecular complexity index is 1560. The normalized spacial score (nSPS) is 16.3. The molecule has 2 aromatic heterocycles. The van der Waals surface area contributed by atoms with Crippen molar-refractivity contribution in [2.24, 2.45) is 0 Å². The summed E-state index contributed by atoms with van der Waals surface area (Å²) in [5.74, 6) is 1.35. The van der Waals surface area contributed by atoms with Crippen molar-refractivity contribution in [2.45, 2.75) is 33.1 Å². The fourth-order valence-corrected chi connectivity index (χ4v) is 5.67. The summed E-state index contributed by atoms with van der Waals surface area (Å²) < 4.78 is 17.4. The van der Waals surface area contributed by atoms with Crippen LogP contribution in [0.25, 0.3) is 21.8 Å². The number of ether oxygens (including phenoxy) is 3. The van der Waals surface area contributed by atoms with Gasteiger partial charge < -0.3 is 29.4 Å². The van der Waals surface area contributed by atoms with Gasteiger partial charge in [0.1, 0.15) is 12.3 Å². The van der Waals surface area contributed by atoms with Gasteiger partial charge in [0.2, 0.25) is 5.95 Å². The van der Waals surface area contributed by atoms with Gasteiger partial charge >= 0.3 is 0 Å². The number of nitrogens with one attached hydrogen (secondary N) is 2. The van der Waals surface area contributed by atoms with Gasteiger partial charge in [0.25, 0.3) is 5.91 Å². The number of nitrogens with zero attached hydrogens (tertiary/aromatic N) is 4. The maximum atomic E-state index is 13.8. The SMILES string of the molecule is COc1cc2nc(N3CCOCC3)nc(C(=O)Nc3ccc4[nH]c(C)c(C)c4c3)c2cc1OCCN1CCCCC1. The highest BCUT2D eigenvalue weighted by Gasteiger charge is 2.23. The van der Waals surface area contributed by atoms with Gasteiger partial charge in [-0.3, -0.25) is 9.69 Å². The summed E-state index contributed by atoms with van der Waals surface area (Å²) in [5, 5.41) is 4.77. The molecule has 10 heteroatoms. The zero-order chi connectivity index (χ0) is 28.3. The Morgan fingerprint density at radius 3 is 2.59 bits per heavy atom. The molecule has 4 heterocycles. The number of aromatic amines is 1. The van der Waals surface area contributed by atoms with Gasteiger partial charge in [-0.05, 0) is 69.6 Å². The lowest BCUT2D eigenvalue weighted by Crippen LogP contribution is -2.37. The summed E-state index contributed by atoms with van der Waals surface area (Å²) >= 11 is 0. The predicted molar refractivity (Wildman–Crippen MR) is 161 cm³/mol. The quantitative estimate of drug-likeness (QED) is 0.321. The number of carbonyl (C=O) groups excluding carboxylic acids is 1. The summed E-state index contributed by atoms with van der Waals surface area (Å²) in [5.41, 5.74) is 4.94. The van der Waals surface area contributed by atoms with Crippen LogP contribution in [-0.2, 0) is 4.74 Å². The number of morpholine rings is 1. The molecule has 10 nitrogen and oxygen atoms in total. The number of piperidine rings is 1. The van der Waals surface area contributed by atoms with E-state index in [9.17, 15) is 4.79 Å². The first-order chi connectivity index (χ1) is 20.0. The first-order valence-electron chi connectivity index (χ1n) is 14.5. The molecule has 2 aliphatic rings. The van der Waals surface area contributed by atoms with E-state index < -0.39 is 0 Å². The van der Waals surface area contributed by atoms with Crippen molar-refractivity contribution in [2.75, 3.05) is 69.9 Å². The molecule has 2 aliphatic heterocycles. The fraction of sp³-hybridized carbons (Fsp3) is 0.452. The lowest BCUT2D eigenvalue weighted by atomic mass is 10.1. The van der Waals surface area contributed by atoms with Crippen molar-refractivity contribution in [1.29, 1.82) is 0 Å². The number of anilines is 2. The van der Waals surface area contributed by atoms with E-state index in [4.69, 9.17) is 24.2 Å². The number of aromatic nitrogens is 3. The third-order valence-corrected chi connectivity index (χ3v) is 8.16. The van der Waals surface area contributed by atoms with Crippen LogP contribution in [0.4, 0.5) is 11.6 Å². The number of rotatable bonds is 8. The number of benzene rings is 2. The van der Waals surface area contributed by atoms with Crippen LogP contribution in [0, 0.1) is 13.8 Å². The van der Waals surface area contributed by atoms with Crippen molar-refractivity contribution in [1.82, 2.24) is 19.9 Å². The van der Waals surface area contributed by atoms with E-state index in [1.165, 1.54) is 19.3 Å². The van der Waals surface area contributed by atoms with Crippen LogP contribution in [-0.4, -0.2) is 85.4 Å². The number of hydrogen-bond acceptors (Lipinski definition) is 8. The average Bonchev–Trinajstić information content (AvgIpc) is 3.29. The molecule has 0 atom stereocenters. The monoisotopic (exact) mass is 558 g/mol. The van der Waals surface area contributed by atoms with Gasteiger partial charge in [-0.1, -0.05) is 6.42 Å². The second-order valence-corrected chi connectivity index (χ2v) is 10.8. The Morgan fingerprint density at radius 2 is 1.80 bits per heavy atom. The van der Waals surface area contributed by atoms with Crippen LogP contribution in [0.1, 0.15) is 41.0 Å². The zero-order valence-electron chi connectivity index (χ0n) is 24.1. The summed E-state index contributed by atoms with van der Waals surface area (Å²) in [4.78, 5) is 31.3. The topological polar surface area (TPSA) is 105 Å². The minimum atomic E-state index is -0.305. The number of fused-ring (bicyclic) bond motifs is 2. The minimum absolute atomic E-state index is 0.294. The van der Waals surface area contributed by atoms with Gasteiger partial charge in [0, 0.05) is 53.4 Å². The van der Waals surface area contributed by atoms with E-state index in [-0.39, 0.29) is 5.91 Å². The first kappa shape index (κ1) is 27.3. The van der Waals surface area contributed by atoms with Gasteiger partial charge in [-0.15, -0.1) is 0 Å². The molecule has 0 spiro atoms. The van der Waals surface area contributed by atoms with Crippen molar-refractivity contribution < 1.29 is 19.0 Å². The van der Waals surface area contributed by atoms with Crippen LogP contribution in [0.15, 0.2) is 30.3 Å². The van der Waals surface area contributed by atoms with Crippen LogP contribution < -0.4 is 19.7 Å². The highest BCUT2D eigenvalue weighted by atomic mass is 16.5. The van der Waals surface area contributed by atoms with E-state index in [2.05, 4.69) is 22.1 Å². The second kappa shape index (κ2) is 11.9. The minimum Gasteiger partial charge on any atom is -0.493 e. The van der Waals surface area contributed by atoms with E-state index in [0.717, 1.165) is 41.8 Å². The Balaban J connectivity index is 1.34. The zero-order valence-corrected chi connectivity index (χ0v) is 24.1. The summed E-state index contributed by atoms with van der Waals surface area (Å²) in [6, 6.07) is 9.56. The van der Waals surface area contributed by atoms with Gasteiger partial charge in [-0.25, -0.2) is 9.97 Å². The molecule has 2 fully saturated rings. The summed E-state index contributed by atoms with van der Waals surface area (Å²) in [6.45, 7) is 10.2. The highest BCUT2D eigenvalue weighted by Crippen LogP contribution is 2.34. The Hall–Kier alpha value is -3.89. The number of hydrogen-bond donors (Lipinski definition) is 2. The second-order valence-electron chi connectivity index (χ2n) is 10.8. The Morgan fingerprint density at radius 1 is 1.00 bits per heavy atom. The molecule has 2 N–H and O–H groups in total. The largest absolute Gasteiger partial charge is 0.493 e. The van der Waals surface area contributed by atoms with Crippen LogP contribution in [0.5, 0.6) is 11.5 Å². The molecular weight excluding hydrogens is 520 g/mol. The number of H-pyrrole nitrogens is 1. The molecule has 0 aliphatic carbocycles. The number of amides is 1. The molecule has 0 unspecified atom stereocenters. The molecule has 0 bridgehead atoms. The molecule has 41 heavy (non-hydrogen) atoms. The molecular formula is C31H38N6O4. The van der Waals surface area contributed by atoms with E-state index in [0.29, 0.717) is 72.6 Å². The molecule has 0 saturated carbocycles. The van der Waals surface area contributed by atoms with Gasteiger partial charge in [0.15, 0.2) is 11.5 Å².